The third kappa shape index (κ3) is 3.92. The summed E-state index contributed by atoms with van der Waals surface area (Å²) in [5.41, 5.74) is 13.1. The molecule has 0 aliphatic heterocycles. The van der Waals surface area contributed by atoms with Crippen LogP contribution in [-0.2, 0) is 10.8 Å². The van der Waals surface area contributed by atoms with E-state index in [2.05, 4.69) is 143 Å². The van der Waals surface area contributed by atoms with Crippen molar-refractivity contribution in [2.45, 2.75) is 98.2 Å². The summed E-state index contributed by atoms with van der Waals surface area (Å²) in [7, 11) is -1.94. The first-order chi connectivity index (χ1) is 17.5. The summed E-state index contributed by atoms with van der Waals surface area (Å²) in [6, 6.07) is 9.85. The van der Waals surface area contributed by atoms with Crippen LogP contribution in [0.2, 0.25) is 18.1 Å². The van der Waals surface area contributed by atoms with Gasteiger partial charge in [-0.3, -0.25) is 0 Å². The lowest BCUT2D eigenvalue weighted by Gasteiger charge is -2.42. The van der Waals surface area contributed by atoms with Crippen molar-refractivity contribution in [1.29, 1.82) is 0 Å². The fraction of sp³-hybridized carbons (Fsp3) is 0.405. The van der Waals surface area contributed by atoms with E-state index in [4.69, 9.17) is 0 Å². The van der Waals surface area contributed by atoms with Gasteiger partial charge in [-0.15, -0.1) is 0 Å². The van der Waals surface area contributed by atoms with Crippen molar-refractivity contribution >= 4 is 31.5 Å². The Labute approximate surface area is 232 Å². The van der Waals surface area contributed by atoms with Crippen molar-refractivity contribution in [3.05, 3.63) is 91.9 Å². The number of hydrogen-bond acceptors (Lipinski definition) is 0. The Morgan fingerprint density at radius 3 is 1.89 bits per heavy atom. The van der Waals surface area contributed by atoms with Crippen molar-refractivity contribution in [2.75, 3.05) is 0 Å². The van der Waals surface area contributed by atoms with E-state index in [1.807, 2.05) is 0 Å². The maximum atomic E-state index is 2.58. The monoisotopic (exact) mass is 518 g/mol. The topological polar surface area (TPSA) is 0 Å². The number of rotatable bonds is 3. The molecule has 2 aromatic rings. The Bertz CT molecular complexity index is 1580. The molecule has 0 bridgehead atoms. The molecule has 0 saturated carbocycles. The van der Waals surface area contributed by atoms with E-state index in [9.17, 15) is 0 Å². The van der Waals surface area contributed by atoms with E-state index in [-0.39, 0.29) is 15.9 Å². The molecule has 1 unspecified atom stereocenters. The molecule has 1 atom stereocenters. The van der Waals surface area contributed by atoms with Gasteiger partial charge in [0.05, 0.1) is 8.07 Å². The van der Waals surface area contributed by atoms with Gasteiger partial charge in [0.2, 0.25) is 0 Å². The van der Waals surface area contributed by atoms with Gasteiger partial charge in [-0.2, -0.15) is 0 Å². The second kappa shape index (κ2) is 8.43. The highest BCUT2D eigenvalue weighted by atomic mass is 28.3. The minimum atomic E-state index is -1.94. The molecule has 5 rings (SSSR count). The maximum absolute atomic E-state index is 2.58. The molecule has 0 aromatic heterocycles. The molecule has 0 heterocycles. The van der Waals surface area contributed by atoms with Gasteiger partial charge in [0.25, 0.3) is 0 Å². The van der Waals surface area contributed by atoms with E-state index in [0.29, 0.717) is 0 Å². The lowest BCUT2D eigenvalue weighted by molar-refractivity contribution is 0.569. The van der Waals surface area contributed by atoms with E-state index >= 15 is 0 Å². The quantitative estimate of drug-likeness (QED) is 0.355. The van der Waals surface area contributed by atoms with Gasteiger partial charge in [-0.25, -0.2) is 0 Å². The zero-order valence-electron chi connectivity index (χ0n) is 25.8. The largest absolute Gasteiger partial charge is 0.0954 e. The standard InChI is InChI=1S/C37H46Si/c1-23-22-37(10,25(3)24(23)2)38(11,12)33-17-16-31-32(33)20-26-14-13-15-30(26)34(31)27-18-28(35(4,5)6)21-29(19-27)36(7,8)9/h13-22H,1-12H3. The molecule has 0 spiro atoms. The molecular weight excluding hydrogens is 472 g/mol. The summed E-state index contributed by atoms with van der Waals surface area (Å²) in [6.07, 6.45) is 14.3. The van der Waals surface area contributed by atoms with Crippen molar-refractivity contribution < 1.29 is 0 Å². The number of benzene rings is 2. The summed E-state index contributed by atoms with van der Waals surface area (Å²) in [4.78, 5) is 0. The van der Waals surface area contributed by atoms with Crippen LogP contribution in [0.5, 0.6) is 0 Å². The van der Waals surface area contributed by atoms with E-state index in [1.54, 1.807) is 10.8 Å². The Morgan fingerprint density at radius 1 is 0.763 bits per heavy atom. The lowest BCUT2D eigenvalue weighted by atomic mass is 9.78. The predicted molar refractivity (Wildman–Crippen MR) is 172 cm³/mol. The predicted octanol–water partition coefficient (Wildman–Crippen LogP) is 9.24. The molecule has 198 valence electrons. The van der Waals surface area contributed by atoms with Crippen LogP contribution < -0.4 is 10.4 Å². The van der Waals surface area contributed by atoms with Crippen LogP contribution >= 0.6 is 0 Å². The highest BCUT2D eigenvalue weighted by molar-refractivity contribution is 6.98. The van der Waals surface area contributed by atoms with E-state index in [1.165, 1.54) is 55.0 Å². The summed E-state index contributed by atoms with van der Waals surface area (Å²) in [5.74, 6) is 0. The molecule has 0 nitrogen and oxygen atoms in total. The zero-order chi connectivity index (χ0) is 28.0. The second-order valence-electron chi connectivity index (χ2n) is 14.7. The van der Waals surface area contributed by atoms with E-state index in [0.717, 1.165) is 0 Å². The first-order valence-electron chi connectivity index (χ1n) is 14.3. The minimum Gasteiger partial charge on any atom is -0.0737 e. The summed E-state index contributed by atoms with van der Waals surface area (Å²) in [5, 5.41) is 4.47. The molecule has 0 fully saturated rings. The van der Waals surface area contributed by atoms with E-state index < -0.39 is 8.07 Å². The van der Waals surface area contributed by atoms with Gasteiger partial charge in [0, 0.05) is 5.04 Å². The van der Waals surface area contributed by atoms with Crippen molar-refractivity contribution in [1.82, 2.24) is 0 Å². The summed E-state index contributed by atoms with van der Waals surface area (Å²) >= 11 is 0. The second-order valence-corrected chi connectivity index (χ2v) is 19.5. The van der Waals surface area contributed by atoms with Crippen LogP contribution in [0.25, 0.3) is 34.6 Å². The van der Waals surface area contributed by atoms with Crippen LogP contribution in [0.3, 0.4) is 0 Å². The van der Waals surface area contributed by atoms with Gasteiger partial charge in [0.15, 0.2) is 0 Å². The van der Waals surface area contributed by atoms with Gasteiger partial charge in [-0.1, -0.05) is 133 Å². The van der Waals surface area contributed by atoms with Crippen LogP contribution in [0, 0.1) is 0 Å². The highest BCUT2D eigenvalue weighted by Crippen LogP contribution is 2.57. The van der Waals surface area contributed by atoms with Crippen molar-refractivity contribution in [2.24, 2.45) is 0 Å². The number of allylic oxidation sites excluding steroid dienone is 6. The third-order valence-electron chi connectivity index (χ3n) is 10.0. The number of hydrogen-bond donors (Lipinski definition) is 0. The zero-order valence-corrected chi connectivity index (χ0v) is 26.8. The number of fused-ring (bicyclic) bond motifs is 2. The van der Waals surface area contributed by atoms with Crippen LogP contribution in [0.15, 0.2) is 59.2 Å². The first kappa shape index (κ1) is 26.9. The molecule has 2 aromatic carbocycles. The fourth-order valence-corrected chi connectivity index (χ4v) is 10.4. The smallest absolute Gasteiger partial charge is 0.0737 e. The minimum absolute atomic E-state index is 0.0874. The highest BCUT2D eigenvalue weighted by Gasteiger charge is 2.49. The Morgan fingerprint density at radius 2 is 1.37 bits per heavy atom. The molecule has 0 amide bonds. The molecule has 0 radical (unpaired) electrons. The molecule has 1 heteroatoms. The van der Waals surface area contributed by atoms with Gasteiger partial charge >= 0.3 is 0 Å². The summed E-state index contributed by atoms with van der Waals surface area (Å²) < 4.78 is 0. The van der Waals surface area contributed by atoms with Crippen molar-refractivity contribution in [3.8, 4) is 11.1 Å². The Balaban J connectivity index is 1.77. The van der Waals surface area contributed by atoms with Gasteiger partial charge < -0.3 is 0 Å². The molecule has 3 aliphatic carbocycles. The van der Waals surface area contributed by atoms with Crippen molar-refractivity contribution in [3.63, 3.8) is 0 Å². The summed E-state index contributed by atoms with van der Waals surface area (Å²) in [6.45, 7) is 28.6. The Kier molecular flexibility index (Phi) is 5.97. The molecule has 0 saturated heterocycles. The molecule has 3 aliphatic rings. The molecular formula is C37H46Si. The van der Waals surface area contributed by atoms with Crippen LogP contribution in [0.4, 0.5) is 0 Å². The third-order valence-corrected chi connectivity index (χ3v) is 14.9. The lowest BCUT2D eigenvalue weighted by Crippen LogP contribution is -2.42. The Hall–Kier alpha value is -2.64. The van der Waals surface area contributed by atoms with Crippen LogP contribution in [-0.4, -0.2) is 8.07 Å². The normalized spacial score (nSPS) is 20.7. The van der Waals surface area contributed by atoms with Gasteiger partial charge in [-0.05, 0) is 87.1 Å². The van der Waals surface area contributed by atoms with Gasteiger partial charge in [0.1, 0.15) is 0 Å². The SMILES string of the molecule is CC1=CC(C)([Si](C)(C)C2=CC=c3c2cc2c(c3-c3cc(C(C)(C)C)cc(C(C)(C)C)c3)C=CC=2)C(C)=C1C. The first-order valence-corrected chi connectivity index (χ1v) is 17.3. The fourth-order valence-electron chi connectivity index (χ4n) is 6.71. The van der Waals surface area contributed by atoms with Crippen LogP contribution in [0.1, 0.15) is 91.5 Å². The molecule has 0 N–H and O–H groups in total. The maximum Gasteiger partial charge on any atom is 0.0954 e. The average Bonchev–Trinajstić information content (AvgIpc) is 3.51. The molecule has 38 heavy (non-hydrogen) atoms. The average molecular weight is 519 g/mol.